The summed E-state index contributed by atoms with van der Waals surface area (Å²) in [6.07, 6.45) is 1.63. The Morgan fingerprint density at radius 2 is 2.00 bits per heavy atom. The molecule has 104 valence electrons. The van der Waals surface area contributed by atoms with E-state index in [2.05, 4.69) is 15.5 Å². The Morgan fingerprint density at radius 1 is 1.19 bits per heavy atom. The second kappa shape index (κ2) is 5.16. The molecule has 2 N–H and O–H groups in total. The number of hydrogen-bond acceptors (Lipinski definition) is 4. The van der Waals surface area contributed by atoms with Gasteiger partial charge in [-0.05, 0) is 18.2 Å². The standard InChI is InChI=1S/C15H10FN3O2/c16-13-7-10(5-6-12(13)15(20)21)18-14-11-4-2-1-3-9(11)8-17-19-14/h1-8H,(H,18,19)(H,20,21). The van der Waals surface area contributed by atoms with Crippen LogP contribution in [0.25, 0.3) is 10.8 Å². The Labute approximate surface area is 119 Å². The van der Waals surface area contributed by atoms with Gasteiger partial charge in [-0.25, -0.2) is 9.18 Å². The fraction of sp³-hybridized carbons (Fsp3) is 0. The van der Waals surface area contributed by atoms with Gasteiger partial charge in [-0.15, -0.1) is 5.10 Å². The maximum absolute atomic E-state index is 13.7. The third kappa shape index (κ3) is 2.51. The van der Waals surface area contributed by atoms with E-state index < -0.39 is 11.8 Å². The minimum Gasteiger partial charge on any atom is -0.478 e. The van der Waals surface area contributed by atoms with Gasteiger partial charge in [0.25, 0.3) is 0 Å². The van der Waals surface area contributed by atoms with Crippen molar-refractivity contribution >= 4 is 28.2 Å². The molecule has 21 heavy (non-hydrogen) atoms. The van der Waals surface area contributed by atoms with Gasteiger partial charge in [0.15, 0.2) is 5.82 Å². The number of benzene rings is 2. The van der Waals surface area contributed by atoms with Gasteiger partial charge in [-0.1, -0.05) is 24.3 Å². The molecule has 6 heteroatoms. The zero-order valence-electron chi connectivity index (χ0n) is 10.7. The molecule has 0 bridgehead atoms. The van der Waals surface area contributed by atoms with Crippen LogP contribution in [0, 0.1) is 5.82 Å². The number of halogens is 1. The van der Waals surface area contributed by atoms with Crippen molar-refractivity contribution in [2.45, 2.75) is 0 Å². The van der Waals surface area contributed by atoms with Gasteiger partial charge in [0.1, 0.15) is 5.82 Å². The SMILES string of the molecule is O=C(O)c1ccc(Nc2nncc3ccccc23)cc1F. The smallest absolute Gasteiger partial charge is 0.338 e. The van der Waals surface area contributed by atoms with E-state index in [4.69, 9.17) is 5.11 Å². The summed E-state index contributed by atoms with van der Waals surface area (Å²) in [5, 5.41) is 21.4. The highest BCUT2D eigenvalue weighted by molar-refractivity contribution is 5.93. The first-order chi connectivity index (χ1) is 10.1. The van der Waals surface area contributed by atoms with Crippen molar-refractivity contribution in [3.05, 3.63) is 60.0 Å². The number of aromatic nitrogens is 2. The van der Waals surface area contributed by atoms with Crippen molar-refractivity contribution in [3.8, 4) is 0 Å². The highest BCUT2D eigenvalue weighted by atomic mass is 19.1. The van der Waals surface area contributed by atoms with Crippen LogP contribution in [0.1, 0.15) is 10.4 Å². The van der Waals surface area contributed by atoms with Gasteiger partial charge in [0.05, 0.1) is 11.8 Å². The molecule has 2 aromatic carbocycles. The van der Waals surface area contributed by atoms with Crippen LogP contribution in [0.15, 0.2) is 48.7 Å². The van der Waals surface area contributed by atoms with E-state index in [-0.39, 0.29) is 5.56 Å². The molecule has 0 unspecified atom stereocenters. The Kier molecular flexibility index (Phi) is 3.19. The summed E-state index contributed by atoms with van der Waals surface area (Å²) in [4.78, 5) is 10.8. The Morgan fingerprint density at radius 3 is 2.76 bits per heavy atom. The van der Waals surface area contributed by atoms with Crippen LogP contribution in [-0.4, -0.2) is 21.3 Å². The lowest BCUT2D eigenvalue weighted by Gasteiger charge is -2.08. The predicted octanol–water partition coefficient (Wildman–Crippen LogP) is 3.21. The molecule has 1 heterocycles. The number of anilines is 2. The first-order valence-electron chi connectivity index (χ1n) is 6.15. The maximum Gasteiger partial charge on any atom is 0.338 e. The summed E-state index contributed by atoms with van der Waals surface area (Å²) in [6, 6.07) is 11.3. The molecule has 1 aromatic heterocycles. The van der Waals surface area contributed by atoms with Crippen molar-refractivity contribution < 1.29 is 14.3 Å². The molecule has 0 aliphatic heterocycles. The predicted molar refractivity (Wildman–Crippen MR) is 76.2 cm³/mol. The number of hydrogen-bond donors (Lipinski definition) is 2. The lowest BCUT2D eigenvalue weighted by Crippen LogP contribution is -2.02. The van der Waals surface area contributed by atoms with Crippen LogP contribution < -0.4 is 5.32 Å². The van der Waals surface area contributed by atoms with E-state index in [0.717, 1.165) is 16.8 Å². The topological polar surface area (TPSA) is 75.1 Å². The number of carboxylic acid groups (broad SMARTS) is 1. The monoisotopic (exact) mass is 283 g/mol. The van der Waals surface area contributed by atoms with Gasteiger partial charge in [-0.2, -0.15) is 5.10 Å². The highest BCUT2D eigenvalue weighted by Gasteiger charge is 2.11. The van der Waals surface area contributed by atoms with Gasteiger partial charge >= 0.3 is 5.97 Å². The lowest BCUT2D eigenvalue weighted by atomic mass is 10.1. The summed E-state index contributed by atoms with van der Waals surface area (Å²) in [7, 11) is 0. The molecular weight excluding hydrogens is 273 g/mol. The van der Waals surface area contributed by atoms with Crippen LogP contribution in [0.2, 0.25) is 0 Å². The Bertz CT molecular complexity index is 831. The van der Waals surface area contributed by atoms with Crippen molar-refractivity contribution in [1.29, 1.82) is 0 Å². The largest absolute Gasteiger partial charge is 0.478 e. The highest BCUT2D eigenvalue weighted by Crippen LogP contribution is 2.24. The van der Waals surface area contributed by atoms with Crippen LogP contribution in [0.4, 0.5) is 15.9 Å². The molecule has 3 rings (SSSR count). The van der Waals surface area contributed by atoms with Crippen LogP contribution in [0.3, 0.4) is 0 Å². The average Bonchev–Trinajstić information content (AvgIpc) is 2.47. The zero-order chi connectivity index (χ0) is 14.8. The molecule has 0 saturated carbocycles. The Balaban J connectivity index is 1.99. The first-order valence-corrected chi connectivity index (χ1v) is 6.15. The molecule has 0 atom stereocenters. The molecule has 0 saturated heterocycles. The Hall–Kier alpha value is -3.02. The molecule has 0 fully saturated rings. The number of carbonyl (C=O) groups is 1. The first kappa shape index (κ1) is 13.0. The third-order valence-electron chi connectivity index (χ3n) is 3.03. The third-order valence-corrected chi connectivity index (χ3v) is 3.03. The molecule has 0 radical (unpaired) electrons. The van der Waals surface area contributed by atoms with Crippen LogP contribution >= 0.6 is 0 Å². The summed E-state index contributed by atoms with van der Waals surface area (Å²) in [5.74, 6) is -1.62. The van der Waals surface area contributed by atoms with Crippen LogP contribution in [0.5, 0.6) is 0 Å². The summed E-state index contributed by atoms with van der Waals surface area (Å²) in [5.41, 5.74) is 0.0349. The normalized spacial score (nSPS) is 10.5. The van der Waals surface area contributed by atoms with E-state index >= 15 is 0 Å². The van der Waals surface area contributed by atoms with Gasteiger partial charge in [0.2, 0.25) is 0 Å². The summed E-state index contributed by atoms with van der Waals surface area (Å²) in [6.45, 7) is 0. The van der Waals surface area contributed by atoms with E-state index in [1.165, 1.54) is 12.1 Å². The van der Waals surface area contributed by atoms with E-state index in [1.54, 1.807) is 6.20 Å². The quantitative estimate of drug-likeness (QED) is 0.772. The molecule has 0 amide bonds. The van der Waals surface area contributed by atoms with Crippen molar-refractivity contribution in [1.82, 2.24) is 10.2 Å². The molecular formula is C15H10FN3O2. The number of carboxylic acids is 1. The van der Waals surface area contributed by atoms with Gasteiger partial charge in [0, 0.05) is 16.5 Å². The lowest BCUT2D eigenvalue weighted by molar-refractivity contribution is 0.0692. The molecule has 3 aromatic rings. The van der Waals surface area contributed by atoms with Crippen LogP contribution in [-0.2, 0) is 0 Å². The van der Waals surface area contributed by atoms with Crippen molar-refractivity contribution in [2.24, 2.45) is 0 Å². The van der Waals surface area contributed by atoms with E-state index in [9.17, 15) is 9.18 Å². The summed E-state index contributed by atoms with van der Waals surface area (Å²) >= 11 is 0. The number of aromatic carboxylic acids is 1. The number of nitrogens with one attached hydrogen (secondary N) is 1. The number of rotatable bonds is 3. The number of fused-ring (bicyclic) bond motifs is 1. The second-order valence-corrected chi connectivity index (χ2v) is 4.41. The minimum atomic E-state index is -1.30. The molecule has 0 aliphatic carbocycles. The minimum absolute atomic E-state index is 0.371. The van der Waals surface area contributed by atoms with E-state index in [1.807, 2.05) is 24.3 Å². The molecule has 5 nitrogen and oxygen atoms in total. The van der Waals surface area contributed by atoms with Crippen molar-refractivity contribution in [2.75, 3.05) is 5.32 Å². The number of nitrogens with zero attached hydrogens (tertiary/aromatic N) is 2. The van der Waals surface area contributed by atoms with Gasteiger partial charge in [-0.3, -0.25) is 0 Å². The average molecular weight is 283 g/mol. The maximum atomic E-state index is 13.7. The molecule has 0 aliphatic rings. The van der Waals surface area contributed by atoms with Gasteiger partial charge < -0.3 is 10.4 Å². The fourth-order valence-corrected chi connectivity index (χ4v) is 2.02. The summed E-state index contributed by atoms with van der Waals surface area (Å²) < 4.78 is 13.7. The van der Waals surface area contributed by atoms with E-state index in [0.29, 0.717) is 11.5 Å². The molecule has 0 spiro atoms. The van der Waals surface area contributed by atoms with Crippen molar-refractivity contribution in [3.63, 3.8) is 0 Å². The fourth-order valence-electron chi connectivity index (χ4n) is 2.02. The zero-order valence-corrected chi connectivity index (χ0v) is 10.7. The second-order valence-electron chi connectivity index (χ2n) is 4.41.